The van der Waals surface area contributed by atoms with Crippen molar-refractivity contribution in [3.8, 4) is 0 Å². The summed E-state index contributed by atoms with van der Waals surface area (Å²) in [4.78, 5) is 11.7. The highest BCUT2D eigenvalue weighted by Crippen LogP contribution is 2.30. The van der Waals surface area contributed by atoms with Gasteiger partial charge in [0, 0.05) is 18.1 Å². The maximum Gasteiger partial charge on any atom is 0.416 e. The molecule has 2 rings (SSSR count). The van der Waals surface area contributed by atoms with Gasteiger partial charge in [-0.1, -0.05) is 12.1 Å². The first kappa shape index (κ1) is 22.4. The standard InChI is InChI=1S/C18H17BrF3NO4S/c1-3-27-17(24)13-6-9-16(15(19)10-13)28(25,26)23(2)11-12-4-7-14(8-5-12)18(20,21)22/h4-10H,3,11H2,1-2H3. The lowest BCUT2D eigenvalue weighted by molar-refractivity contribution is -0.137. The predicted molar refractivity (Wildman–Crippen MR) is 100 cm³/mol. The Kier molecular flexibility index (Phi) is 6.89. The molecular formula is C18H17BrF3NO4S. The average molecular weight is 480 g/mol. The molecule has 0 aliphatic carbocycles. The zero-order valence-electron chi connectivity index (χ0n) is 15.0. The summed E-state index contributed by atoms with van der Waals surface area (Å²) in [6, 6.07) is 8.22. The van der Waals surface area contributed by atoms with Crippen LogP contribution < -0.4 is 0 Å². The van der Waals surface area contributed by atoms with Crippen molar-refractivity contribution in [1.29, 1.82) is 0 Å². The zero-order chi connectivity index (χ0) is 21.1. The number of carbonyl (C=O) groups excluding carboxylic acids is 1. The number of hydrogen-bond acceptors (Lipinski definition) is 4. The van der Waals surface area contributed by atoms with Crippen LogP contribution in [0.25, 0.3) is 0 Å². The number of halogens is 4. The van der Waals surface area contributed by atoms with Gasteiger partial charge in [0.1, 0.15) is 0 Å². The van der Waals surface area contributed by atoms with Crippen LogP contribution in [-0.2, 0) is 27.5 Å². The van der Waals surface area contributed by atoms with Crippen LogP contribution in [0.4, 0.5) is 13.2 Å². The number of nitrogens with zero attached hydrogens (tertiary/aromatic N) is 1. The van der Waals surface area contributed by atoms with E-state index in [1.54, 1.807) is 6.92 Å². The van der Waals surface area contributed by atoms with Crippen molar-refractivity contribution in [2.45, 2.75) is 24.5 Å². The fourth-order valence-corrected chi connectivity index (χ4v) is 4.55. The minimum Gasteiger partial charge on any atom is -0.462 e. The molecule has 0 aliphatic rings. The lowest BCUT2D eigenvalue weighted by Gasteiger charge is -2.19. The summed E-state index contributed by atoms with van der Waals surface area (Å²) in [7, 11) is -2.63. The van der Waals surface area contributed by atoms with E-state index in [4.69, 9.17) is 4.74 Å². The molecule has 0 spiro atoms. The first-order valence-corrected chi connectivity index (χ1v) is 10.3. The van der Waals surface area contributed by atoms with Gasteiger partial charge in [-0.2, -0.15) is 17.5 Å². The van der Waals surface area contributed by atoms with Crippen molar-refractivity contribution in [1.82, 2.24) is 4.31 Å². The highest BCUT2D eigenvalue weighted by molar-refractivity contribution is 9.10. The molecule has 5 nitrogen and oxygen atoms in total. The van der Waals surface area contributed by atoms with Crippen molar-refractivity contribution in [2.75, 3.05) is 13.7 Å². The maximum absolute atomic E-state index is 12.8. The summed E-state index contributed by atoms with van der Waals surface area (Å²) in [5, 5.41) is 0. The van der Waals surface area contributed by atoms with E-state index in [1.165, 1.54) is 37.4 Å². The lowest BCUT2D eigenvalue weighted by Crippen LogP contribution is -2.27. The normalized spacial score (nSPS) is 12.2. The minimum atomic E-state index is -4.46. The van der Waals surface area contributed by atoms with Crippen molar-refractivity contribution in [2.24, 2.45) is 0 Å². The number of esters is 1. The third-order valence-electron chi connectivity index (χ3n) is 3.82. The summed E-state index contributed by atoms with van der Waals surface area (Å²) >= 11 is 3.15. The van der Waals surface area contributed by atoms with Crippen LogP contribution >= 0.6 is 15.9 Å². The second-order valence-corrected chi connectivity index (χ2v) is 8.69. The SMILES string of the molecule is CCOC(=O)c1ccc(S(=O)(=O)N(C)Cc2ccc(C(F)(F)F)cc2)c(Br)c1. The highest BCUT2D eigenvalue weighted by atomic mass is 79.9. The second-order valence-electron chi connectivity index (χ2n) is 5.82. The van der Waals surface area contributed by atoms with Gasteiger partial charge in [0.15, 0.2) is 0 Å². The third kappa shape index (κ3) is 5.12. The Labute approximate surface area is 169 Å². The monoisotopic (exact) mass is 479 g/mol. The predicted octanol–water partition coefficient (Wildman–Crippen LogP) is 4.47. The Morgan fingerprint density at radius 3 is 2.25 bits per heavy atom. The van der Waals surface area contributed by atoms with E-state index in [9.17, 15) is 26.4 Å². The molecule has 2 aromatic carbocycles. The Balaban J connectivity index is 2.23. The number of hydrogen-bond donors (Lipinski definition) is 0. The molecule has 0 atom stereocenters. The molecule has 0 amide bonds. The van der Waals surface area contributed by atoms with Crippen molar-refractivity contribution in [3.63, 3.8) is 0 Å². The van der Waals surface area contributed by atoms with Crippen molar-refractivity contribution in [3.05, 3.63) is 63.6 Å². The summed E-state index contributed by atoms with van der Waals surface area (Å²) in [5.74, 6) is -0.578. The molecule has 0 saturated heterocycles. The van der Waals surface area contributed by atoms with Gasteiger partial charge >= 0.3 is 12.1 Å². The Bertz CT molecular complexity index is 960. The van der Waals surface area contributed by atoms with Crippen molar-refractivity contribution < 1.29 is 31.1 Å². The van der Waals surface area contributed by atoms with Crippen molar-refractivity contribution >= 4 is 31.9 Å². The van der Waals surface area contributed by atoms with Crippen LogP contribution in [0.5, 0.6) is 0 Å². The van der Waals surface area contributed by atoms with Crippen LogP contribution in [-0.4, -0.2) is 32.3 Å². The molecule has 0 radical (unpaired) electrons. The number of ether oxygens (including phenoxy) is 1. The molecule has 0 saturated carbocycles. The van der Waals surface area contributed by atoms with Gasteiger partial charge in [0.25, 0.3) is 0 Å². The van der Waals surface area contributed by atoms with E-state index in [0.29, 0.717) is 5.56 Å². The van der Waals surface area contributed by atoms with Crippen LogP contribution in [0.3, 0.4) is 0 Å². The molecule has 28 heavy (non-hydrogen) atoms. The first-order chi connectivity index (χ1) is 13.0. The molecule has 0 heterocycles. The molecule has 10 heteroatoms. The number of benzene rings is 2. The van der Waals surface area contributed by atoms with Crippen LogP contribution in [0.2, 0.25) is 0 Å². The maximum atomic E-state index is 12.8. The molecular weight excluding hydrogens is 463 g/mol. The Morgan fingerprint density at radius 1 is 1.14 bits per heavy atom. The Hall–Kier alpha value is -1.91. The summed E-state index contributed by atoms with van der Waals surface area (Å²) in [6.07, 6.45) is -4.46. The molecule has 0 N–H and O–H groups in total. The molecule has 152 valence electrons. The smallest absolute Gasteiger partial charge is 0.416 e. The fraction of sp³-hybridized carbons (Fsp3) is 0.278. The summed E-state index contributed by atoms with van der Waals surface area (Å²) < 4.78 is 69.5. The van der Waals surface area contributed by atoms with Crippen LogP contribution in [0, 0.1) is 0 Å². The van der Waals surface area contributed by atoms with E-state index >= 15 is 0 Å². The first-order valence-electron chi connectivity index (χ1n) is 8.06. The molecule has 2 aromatic rings. The van der Waals surface area contributed by atoms with Gasteiger partial charge in [-0.25, -0.2) is 13.2 Å². The van der Waals surface area contributed by atoms with Gasteiger partial charge in [0.05, 0.1) is 22.6 Å². The van der Waals surface area contributed by atoms with Crippen LogP contribution in [0.1, 0.15) is 28.4 Å². The number of sulfonamides is 1. The highest BCUT2D eigenvalue weighted by Gasteiger charge is 2.30. The van der Waals surface area contributed by atoms with Gasteiger partial charge in [-0.05, 0) is 58.7 Å². The molecule has 0 aliphatic heterocycles. The number of alkyl halides is 3. The van der Waals surface area contributed by atoms with Gasteiger partial charge in [-0.15, -0.1) is 0 Å². The van der Waals surface area contributed by atoms with E-state index in [0.717, 1.165) is 16.4 Å². The van der Waals surface area contributed by atoms with Crippen LogP contribution in [0.15, 0.2) is 51.8 Å². The minimum absolute atomic E-state index is 0.0741. The fourth-order valence-electron chi connectivity index (χ4n) is 2.36. The lowest BCUT2D eigenvalue weighted by atomic mass is 10.1. The number of rotatable bonds is 6. The largest absolute Gasteiger partial charge is 0.462 e. The topological polar surface area (TPSA) is 63.7 Å². The van der Waals surface area contributed by atoms with E-state index in [2.05, 4.69) is 15.9 Å². The molecule has 0 aromatic heterocycles. The number of carbonyl (C=O) groups is 1. The summed E-state index contributed by atoms with van der Waals surface area (Å²) in [6.45, 7) is 1.72. The average Bonchev–Trinajstić information content (AvgIpc) is 2.61. The van der Waals surface area contributed by atoms with E-state index in [-0.39, 0.29) is 28.1 Å². The second kappa shape index (κ2) is 8.62. The molecule has 0 bridgehead atoms. The summed E-state index contributed by atoms with van der Waals surface area (Å²) in [5.41, 5.74) is -0.213. The van der Waals surface area contributed by atoms with E-state index in [1.807, 2.05) is 0 Å². The molecule has 0 fully saturated rings. The van der Waals surface area contributed by atoms with Gasteiger partial charge < -0.3 is 4.74 Å². The molecule has 0 unspecified atom stereocenters. The third-order valence-corrected chi connectivity index (χ3v) is 6.60. The van der Waals surface area contributed by atoms with Gasteiger partial charge in [-0.3, -0.25) is 0 Å². The van der Waals surface area contributed by atoms with E-state index < -0.39 is 27.7 Å². The zero-order valence-corrected chi connectivity index (χ0v) is 17.4. The Morgan fingerprint density at radius 2 is 1.75 bits per heavy atom. The van der Waals surface area contributed by atoms with Gasteiger partial charge in [0.2, 0.25) is 10.0 Å². The quantitative estimate of drug-likeness (QED) is 0.573.